The average Bonchev–Trinajstić information content (AvgIpc) is 3.47. The van der Waals surface area contributed by atoms with Gasteiger partial charge in [0.15, 0.2) is 5.75 Å². The van der Waals surface area contributed by atoms with Crippen LogP contribution in [0.1, 0.15) is 0 Å². The van der Waals surface area contributed by atoms with Gasteiger partial charge in [-0.3, -0.25) is 4.57 Å². The summed E-state index contributed by atoms with van der Waals surface area (Å²) in [4.78, 5) is 10.7. The van der Waals surface area contributed by atoms with Crippen LogP contribution in [0.3, 0.4) is 0 Å². The van der Waals surface area contributed by atoms with Crippen molar-refractivity contribution in [3.05, 3.63) is 176 Å². The summed E-state index contributed by atoms with van der Waals surface area (Å²) in [7, 11) is 0. The Hall–Kier alpha value is -7.04. The Labute approximate surface area is 299 Å². The number of rotatable bonds is 3. The van der Waals surface area contributed by atoms with Crippen LogP contribution in [-0.4, -0.2) is 14.5 Å². The zero-order chi connectivity index (χ0) is 34.2. The van der Waals surface area contributed by atoms with Crippen molar-refractivity contribution in [1.82, 2.24) is 14.5 Å². The molecule has 0 bridgehead atoms. The van der Waals surface area contributed by atoms with E-state index in [1.54, 1.807) is 0 Å². The van der Waals surface area contributed by atoms with E-state index in [0.717, 1.165) is 77.7 Å². The molecule has 0 aliphatic carbocycles. The van der Waals surface area contributed by atoms with Gasteiger partial charge in [0.2, 0.25) is 5.95 Å². The number of fused-ring (bicyclic) bond motifs is 11. The molecular formula is C48H29N3O. The van der Waals surface area contributed by atoms with Crippen molar-refractivity contribution < 1.29 is 4.74 Å². The van der Waals surface area contributed by atoms with E-state index >= 15 is 0 Å². The predicted molar refractivity (Wildman–Crippen MR) is 213 cm³/mol. The summed E-state index contributed by atoms with van der Waals surface area (Å²) in [6, 6.07) is 61.9. The van der Waals surface area contributed by atoms with Gasteiger partial charge in [-0.1, -0.05) is 152 Å². The zero-order valence-electron chi connectivity index (χ0n) is 28.0. The summed E-state index contributed by atoms with van der Waals surface area (Å²) < 4.78 is 9.20. The minimum absolute atomic E-state index is 0.598. The highest BCUT2D eigenvalue weighted by atomic mass is 16.5. The van der Waals surface area contributed by atoms with E-state index in [0.29, 0.717) is 5.95 Å². The van der Waals surface area contributed by atoms with E-state index < -0.39 is 0 Å². The predicted octanol–water partition coefficient (Wildman–Crippen LogP) is 12.7. The topological polar surface area (TPSA) is 39.9 Å². The van der Waals surface area contributed by atoms with E-state index in [1.165, 1.54) is 21.9 Å². The minimum atomic E-state index is 0.598. The molecule has 8 aromatic carbocycles. The molecule has 10 aromatic rings. The molecular weight excluding hydrogens is 635 g/mol. The Morgan fingerprint density at radius 3 is 1.90 bits per heavy atom. The monoisotopic (exact) mass is 663 g/mol. The SMILES string of the molecule is c1ccc2c(c1)Oc1c(ccc3c4ccccc4n(-c4nc(-c5ccc(-c6cccc7ccccc67)cc5)c5ccccc5n4)c13)-c1ccccc1-2. The van der Waals surface area contributed by atoms with Crippen molar-refractivity contribution in [2.45, 2.75) is 0 Å². The molecule has 4 heteroatoms. The highest BCUT2D eigenvalue weighted by molar-refractivity contribution is 6.14. The fourth-order valence-electron chi connectivity index (χ4n) is 8.06. The molecule has 0 spiro atoms. The Bertz CT molecular complexity index is 3040. The van der Waals surface area contributed by atoms with Gasteiger partial charge in [-0.2, -0.15) is 0 Å². The molecule has 0 saturated carbocycles. The molecule has 0 unspecified atom stereocenters. The lowest BCUT2D eigenvalue weighted by molar-refractivity contribution is 0.491. The van der Waals surface area contributed by atoms with Crippen molar-refractivity contribution >= 4 is 43.5 Å². The molecule has 11 rings (SSSR count). The summed E-state index contributed by atoms with van der Waals surface area (Å²) in [5.74, 6) is 2.22. The maximum Gasteiger partial charge on any atom is 0.235 e. The van der Waals surface area contributed by atoms with Crippen molar-refractivity contribution in [2.24, 2.45) is 0 Å². The van der Waals surface area contributed by atoms with Crippen LogP contribution in [-0.2, 0) is 0 Å². The van der Waals surface area contributed by atoms with E-state index in [4.69, 9.17) is 14.7 Å². The third kappa shape index (κ3) is 4.28. The number of para-hydroxylation sites is 3. The molecule has 0 N–H and O–H groups in total. The van der Waals surface area contributed by atoms with Gasteiger partial charge in [-0.25, -0.2) is 9.97 Å². The molecule has 0 amide bonds. The van der Waals surface area contributed by atoms with Crippen LogP contribution in [0.15, 0.2) is 176 Å². The fourth-order valence-corrected chi connectivity index (χ4v) is 8.06. The summed E-state index contributed by atoms with van der Waals surface area (Å²) in [6.45, 7) is 0. The molecule has 242 valence electrons. The second kappa shape index (κ2) is 11.2. The summed E-state index contributed by atoms with van der Waals surface area (Å²) in [5.41, 5.74) is 11.5. The first-order valence-electron chi connectivity index (χ1n) is 17.6. The second-order valence-electron chi connectivity index (χ2n) is 13.3. The van der Waals surface area contributed by atoms with Gasteiger partial charge in [-0.15, -0.1) is 0 Å². The molecule has 0 fully saturated rings. The van der Waals surface area contributed by atoms with Crippen LogP contribution >= 0.6 is 0 Å². The molecule has 0 atom stereocenters. The lowest BCUT2D eigenvalue weighted by atomic mass is 9.94. The summed E-state index contributed by atoms with van der Waals surface area (Å²) >= 11 is 0. The third-order valence-electron chi connectivity index (χ3n) is 10.4. The minimum Gasteiger partial charge on any atom is -0.454 e. The number of benzene rings is 8. The maximum atomic E-state index is 7.00. The van der Waals surface area contributed by atoms with Crippen LogP contribution < -0.4 is 4.74 Å². The quantitative estimate of drug-likeness (QED) is 0.189. The summed E-state index contributed by atoms with van der Waals surface area (Å²) in [5, 5.41) is 5.68. The van der Waals surface area contributed by atoms with E-state index in [1.807, 2.05) is 12.1 Å². The van der Waals surface area contributed by atoms with Crippen molar-refractivity contribution in [3.8, 4) is 62.1 Å². The molecule has 1 aliphatic rings. The van der Waals surface area contributed by atoms with Crippen LogP contribution in [0.25, 0.3) is 94.1 Å². The molecule has 3 heterocycles. The number of aromatic nitrogens is 3. The first kappa shape index (κ1) is 28.8. The van der Waals surface area contributed by atoms with Crippen molar-refractivity contribution in [2.75, 3.05) is 0 Å². The standard InChI is InChI=1S/C48H29N3O/c1-2-14-33-30(12-1)13-11-20-34(33)31-24-26-32(27-25-31)45-41-19-5-8-21-42(41)49-48(50-45)51-43-22-9-6-17-37(43)39-28-29-40-36-16-4-3-15-35(36)38-18-7-10-23-44(38)52-47(40)46(39)51/h1-29H. The summed E-state index contributed by atoms with van der Waals surface area (Å²) in [6.07, 6.45) is 0. The van der Waals surface area contributed by atoms with Gasteiger partial charge in [0.1, 0.15) is 11.3 Å². The number of nitrogens with zero attached hydrogens (tertiary/aromatic N) is 3. The van der Waals surface area contributed by atoms with E-state index in [-0.39, 0.29) is 0 Å². The smallest absolute Gasteiger partial charge is 0.235 e. The van der Waals surface area contributed by atoms with Crippen molar-refractivity contribution in [1.29, 1.82) is 0 Å². The Morgan fingerprint density at radius 2 is 1.04 bits per heavy atom. The largest absolute Gasteiger partial charge is 0.454 e. The van der Waals surface area contributed by atoms with Gasteiger partial charge < -0.3 is 4.74 Å². The second-order valence-corrected chi connectivity index (χ2v) is 13.3. The van der Waals surface area contributed by atoms with E-state index in [9.17, 15) is 0 Å². The number of ether oxygens (including phenoxy) is 1. The Balaban J connectivity index is 1.17. The van der Waals surface area contributed by atoms with Crippen LogP contribution in [0.2, 0.25) is 0 Å². The molecule has 1 aliphatic heterocycles. The highest BCUT2D eigenvalue weighted by Crippen LogP contribution is 2.51. The molecule has 0 radical (unpaired) electrons. The van der Waals surface area contributed by atoms with Crippen LogP contribution in [0, 0.1) is 0 Å². The lowest BCUT2D eigenvalue weighted by Gasteiger charge is -2.15. The molecule has 2 aromatic heterocycles. The van der Waals surface area contributed by atoms with Crippen LogP contribution in [0.4, 0.5) is 0 Å². The molecule has 0 saturated heterocycles. The number of hydrogen-bond donors (Lipinski definition) is 0. The lowest BCUT2D eigenvalue weighted by Crippen LogP contribution is -2.04. The fraction of sp³-hybridized carbons (Fsp3) is 0. The Morgan fingerprint density at radius 1 is 0.404 bits per heavy atom. The number of hydrogen-bond acceptors (Lipinski definition) is 3. The Kier molecular flexibility index (Phi) is 6.22. The van der Waals surface area contributed by atoms with Gasteiger partial charge in [0.25, 0.3) is 0 Å². The zero-order valence-corrected chi connectivity index (χ0v) is 28.0. The third-order valence-corrected chi connectivity index (χ3v) is 10.4. The first-order chi connectivity index (χ1) is 25.8. The maximum absolute atomic E-state index is 7.00. The average molecular weight is 664 g/mol. The van der Waals surface area contributed by atoms with Gasteiger partial charge in [0, 0.05) is 32.8 Å². The first-order valence-corrected chi connectivity index (χ1v) is 17.6. The van der Waals surface area contributed by atoms with Gasteiger partial charge in [0.05, 0.1) is 16.7 Å². The molecule has 4 nitrogen and oxygen atoms in total. The van der Waals surface area contributed by atoms with Crippen molar-refractivity contribution in [3.63, 3.8) is 0 Å². The normalized spacial score (nSPS) is 12.0. The van der Waals surface area contributed by atoms with E-state index in [2.05, 4.69) is 168 Å². The van der Waals surface area contributed by atoms with Gasteiger partial charge in [-0.05, 0) is 57.3 Å². The molecule has 52 heavy (non-hydrogen) atoms. The highest BCUT2D eigenvalue weighted by Gasteiger charge is 2.27. The van der Waals surface area contributed by atoms with Gasteiger partial charge >= 0.3 is 0 Å². The van der Waals surface area contributed by atoms with Crippen LogP contribution in [0.5, 0.6) is 11.5 Å².